The summed E-state index contributed by atoms with van der Waals surface area (Å²) in [6.07, 6.45) is 4.55. The highest BCUT2D eigenvalue weighted by Gasteiger charge is 2.33. The molecule has 1 amide bonds. The molecular weight excluding hydrogens is 188 g/mol. The zero-order valence-corrected chi connectivity index (χ0v) is 9.75. The van der Waals surface area contributed by atoms with Crippen molar-refractivity contribution in [3.8, 4) is 0 Å². The van der Waals surface area contributed by atoms with E-state index in [1.165, 1.54) is 18.8 Å². The van der Waals surface area contributed by atoms with Gasteiger partial charge in [0.05, 0.1) is 6.04 Å². The second-order valence-electron chi connectivity index (χ2n) is 5.12. The molecule has 2 fully saturated rings. The summed E-state index contributed by atoms with van der Waals surface area (Å²) in [5, 5.41) is 3.11. The van der Waals surface area contributed by atoms with Gasteiger partial charge < -0.3 is 5.32 Å². The summed E-state index contributed by atoms with van der Waals surface area (Å²) >= 11 is 0. The van der Waals surface area contributed by atoms with Crippen LogP contribution in [-0.4, -0.2) is 36.0 Å². The smallest absolute Gasteiger partial charge is 0.237 e. The molecular formula is C12H21N2O. The fourth-order valence-corrected chi connectivity index (χ4v) is 2.24. The molecule has 0 aromatic carbocycles. The molecule has 0 unspecified atom stereocenters. The minimum atomic E-state index is 0.139. The summed E-state index contributed by atoms with van der Waals surface area (Å²) < 4.78 is 0. The van der Waals surface area contributed by atoms with Crippen molar-refractivity contribution in [2.24, 2.45) is 0 Å². The first-order chi connectivity index (χ1) is 7.16. The van der Waals surface area contributed by atoms with E-state index in [4.69, 9.17) is 0 Å². The zero-order chi connectivity index (χ0) is 10.8. The Labute approximate surface area is 92.2 Å². The fourth-order valence-electron chi connectivity index (χ4n) is 2.24. The topological polar surface area (TPSA) is 32.3 Å². The van der Waals surface area contributed by atoms with Gasteiger partial charge in [-0.05, 0) is 38.1 Å². The van der Waals surface area contributed by atoms with Crippen LogP contribution < -0.4 is 5.32 Å². The third-order valence-electron chi connectivity index (χ3n) is 3.11. The van der Waals surface area contributed by atoms with Crippen LogP contribution in [0.25, 0.3) is 0 Å². The highest BCUT2D eigenvalue weighted by atomic mass is 16.2. The van der Waals surface area contributed by atoms with Crippen molar-refractivity contribution in [1.29, 1.82) is 0 Å². The maximum absolute atomic E-state index is 11.9. The van der Waals surface area contributed by atoms with E-state index in [0.29, 0.717) is 6.04 Å². The SMILES string of the molecule is C[C](C)CN1CCC[C@H]1C(=O)NC1CC1. The van der Waals surface area contributed by atoms with Crippen LogP contribution in [0.5, 0.6) is 0 Å². The number of nitrogens with zero attached hydrogens (tertiary/aromatic N) is 1. The molecule has 3 nitrogen and oxygen atoms in total. The Morgan fingerprint density at radius 1 is 1.33 bits per heavy atom. The lowest BCUT2D eigenvalue weighted by molar-refractivity contribution is -0.125. The average Bonchev–Trinajstić information content (AvgIpc) is 2.83. The van der Waals surface area contributed by atoms with E-state index < -0.39 is 0 Å². The molecule has 85 valence electrons. The first-order valence-corrected chi connectivity index (χ1v) is 6.00. The van der Waals surface area contributed by atoms with Gasteiger partial charge in [-0.3, -0.25) is 9.69 Å². The maximum atomic E-state index is 11.9. The minimum Gasteiger partial charge on any atom is -0.352 e. The molecule has 15 heavy (non-hydrogen) atoms. The van der Waals surface area contributed by atoms with Gasteiger partial charge in [0.15, 0.2) is 0 Å². The first kappa shape index (κ1) is 10.9. The lowest BCUT2D eigenvalue weighted by Gasteiger charge is -2.25. The number of amides is 1. The summed E-state index contributed by atoms with van der Waals surface area (Å²) in [7, 11) is 0. The molecule has 0 aromatic heterocycles. The summed E-state index contributed by atoms with van der Waals surface area (Å²) in [6.45, 7) is 6.32. The number of hydrogen-bond acceptors (Lipinski definition) is 2. The monoisotopic (exact) mass is 209 g/mol. The molecule has 1 N–H and O–H groups in total. The van der Waals surface area contributed by atoms with Gasteiger partial charge in [0.1, 0.15) is 0 Å². The van der Waals surface area contributed by atoms with E-state index in [9.17, 15) is 4.79 Å². The summed E-state index contributed by atoms with van der Waals surface area (Å²) in [5.74, 6) is 1.65. The van der Waals surface area contributed by atoms with E-state index in [-0.39, 0.29) is 11.9 Å². The summed E-state index contributed by atoms with van der Waals surface area (Å²) in [5.41, 5.74) is 0. The van der Waals surface area contributed by atoms with E-state index >= 15 is 0 Å². The van der Waals surface area contributed by atoms with Gasteiger partial charge in [0, 0.05) is 12.6 Å². The van der Waals surface area contributed by atoms with Crippen molar-refractivity contribution >= 4 is 5.91 Å². The van der Waals surface area contributed by atoms with Crippen molar-refractivity contribution in [2.45, 2.75) is 51.6 Å². The van der Waals surface area contributed by atoms with Crippen LogP contribution in [0.2, 0.25) is 0 Å². The second kappa shape index (κ2) is 4.52. The second-order valence-corrected chi connectivity index (χ2v) is 5.12. The molecule has 1 radical (unpaired) electrons. The van der Waals surface area contributed by atoms with E-state index in [1.807, 2.05) is 0 Å². The van der Waals surface area contributed by atoms with E-state index in [0.717, 1.165) is 25.9 Å². The van der Waals surface area contributed by atoms with Crippen molar-refractivity contribution in [2.75, 3.05) is 13.1 Å². The minimum absolute atomic E-state index is 0.139. The molecule has 2 rings (SSSR count). The third kappa shape index (κ3) is 2.94. The summed E-state index contributed by atoms with van der Waals surface area (Å²) in [6, 6.07) is 0.632. The third-order valence-corrected chi connectivity index (χ3v) is 3.11. The highest BCUT2D eigenvalue weighted by Crippen LogP contribution is 2.23. The Morgan fingerprint density at radius 3 is 2.67 bits per heavy atom. The highest BCUT2D eigenvalue weighted by molar-refractivity contribution is 5.82. The molecule has 1 aliphatic carbocycles. The Bertz CT molecular complexity index is 236. The normalized spacial score (nSPS) is 27.3. The lowest BCUT2D eigenvalue weighted by atomic mass is 10.1. The predicted molar refractivity (Wildman–Crippen MR) is 60.4 cm³/mol. The number of hydrogen-bond donors (Lipinski definition) is 1. The number of nitrogens with one attached hydrogen (secondary N) is 1. The van der Waals surface area contributed by atoms with Crippen molar-refractivity contribution in [1.82, 2.24) is 10.2 Å². The van der Waals surface area contributed by atoms with Gasteiger partial charge >= 0.3 is 0 Å². The Morgan fingerprint density at radius 2 is 2.07 bits per heavy atom. The molecule has 0 bridgehead atoms. The zero-order valence-electron chi connectivity index (χ0n) is 9.75. The van der Waals surface area contributed by atoms with Crippen LogP contribution in [0, 0.1) is 5.92 Å². The van der Waals surface area contributed by atoms with Crippen LogP contribution in [0.15, 0.2) is 0 Å². The number of carbonyl (C=O) groups excluding carboxylic acids is 1. The molecule has 1 atom stereocenters. The quantitative estimate of drug-likeness (QED) is 0.758. The van der Waals surface area contributed by atoms with Gasteiger partial charge in [0.25, 0.3) is 0 Å². The van der Waals surface area contributed by atoms with Crippen molar-refractivity contribution in [3.05, 3.63) is 5.92 Å². The van der Waals surface area contributed by atoms with Crippen LogP contribution in [0.4, 0.5) is 0 Å². The molecule has 1 saturated carbocycles. The van der Waals surface area contributed by atoms with Crippen molar-refractivity contribution in [3.63, 3.8) is 0 Å². The molecule has 0 spiro atoms. The molecule has 1 heterocycles. The Hall–Kier alpha value is -0.570. The first-order valence-electron chi connectivity index (χ1n) is 6.00. The lowest BCUT2D eigenvalue weighted by Crippen LogP contribution is -2.44. The van der Waals surface area contributed by atoms with Gasteiger partial charge in [-0.2, -0.15) is 0 Å². The van der Waals surface area contributed by atoms with Crippen molar-refractivity contribution < 1.29 is 4.79 Å². The molecule has 3 heteroatoms. The van der Waals surface area contributed by atoms with Gasteiger partial charge in [-0.15, -0.1) is 0 Å². The molecule has 1 saturated heterocycles. The number of rotatable bonds is 4. The fraction of sp³-hybridized carbons (Fsp3) is 0.833. The Balaban J connectivity index is 1.85. The maximum Gasteiger partial charge on any atom is 0.237 e. The van der Waals surface area contributed by atoms with Crippen LogP contribution in [-0.2, 0) is 4.79 Å². The van der Waals surface area contributed by atoms with Gasteiger partial charge in [0.2, 0.25) is 5.91 Å². The average molecular weight is 209 g/mol. The number of likely N-dealkylation sites (tertiary alicyclic amines) is 1. The standard InChI is InChI=1S/C12H21N2O/c1-9(2)8-14-7-3-4-11(14)12(15)13-10-5-6-10/h10-11H,3-8H2,1-2H3,(H,13,15)/t11-/m0/s1. The van der Waals surface area contributed by atoms with E-state index in [2.05, 4.69) is 24.1 Å². The van der Waals surface area contributed by atoms with E-state index in [1.54, 1.807) is 0 Å². The van der Waals surface area contributed by atoms with Crippen LogP contribution in [0.1, 0.15) is 39.5 Å². The van der Waals surface area contributed by atoms with Crippen LogP contribution >= 0.6 is 0 Å². The molecule has 2 aliphatic rings. The van der Waals surface area contributed by atoms with Gasteiger partial charge in [-0.1, -0.05) is 13.8 Å². The summed E-state index contributed by atoms with van der Waals surface area (Å²) in [4.78, 5) is 14.2. The predicted octanol–water partition coefficient (Wildman–Crippen LogP) is 1.34. The molecule has 1 aliphatic heterocycles. The Kier molecular flexibility index (Phi) is 3.29. The van der Waals surface area contributed by atoms with Gasteiger partial charge in [-0.25, -0.2) is 0 Å². The molecule has 0 aromatic rings. The van der Waals surface area contributed by atoms with Crippen LogP contribution in [0.3, 0.4) is 0 Å². The largest absolute Gasteiger partial charge is 0.352 e. The number of carbonyl (C=O) groups is 1.